The zero-order valence-corrected chi connectivity index (χ0v) is 10.9. The first-order valence-corrected chi connectivity index (χ1v) is 5.93. The molecular weight excluding hydrogens is 235 g/mol. The Labute approximate surface area is 107 Å². The number of amides is 1. The highest BCUT2D eigenvalue weighted by molar-refractivity contribution is 5.92. The van der Waals surface area contributed by atoms with Gasteiger partial charge in [-0.2, -0.15) is 0 Å². The summed E-state index contributed by atoms with van der Waals surface area (Å²) in [6, 6.07) is 4.34. The Morgan fingerprint density at radius 2 is 2.22 bits per heavy atom. The molecule has 1 aromatic carbocycles. The number of hydrogen-bond donors (Lipinski definition) is 2. The largest absolute Gasteiger partial charge is 0.494 e. The summed E-state index contributed by atoms with van der Waals surface area (Å²) in [5, 5.41) is 5.76. The fraction of sp³-hybridized carbons (Fsp3) is 0.462. The van der Waals surface area contributed by atoms with E-state index in [0.29, 0.717) is 12.2 Å². The Hall–Kier alpha value is -1.62. The van der Waals surface area contributed by atoms with Gasteiger partial charge in [-0.15, -0.1) is 0 Å². The van der Waals surface area contributed by atoms with Gasteiger partial charge in [0.25, 0.3) is 0 Å². The third-order valence-corrected chi connectivity index (χ3v) is 2.57. The van der Waals surface area contributed by atoms with Crippen molar-refractivity contribution in [3.8, 4) is 5.75 Å². The maximum Gasteiger partial charge on any atom is 0.228 e. The summed E-state index contributed by atoms with van der Waals surface area (Å²) < 4.78 is 18.2. The summed E-state index contributed by atoms with van der Waals surface area (Å²) in [7, 11) is 1.40. The van der Waals surface area contributed by atoms with E-state index in [1.54, 1.807) is 6.07 Å². The summed E-state index contributed by atoms with van der Waals surface area (Å²) in [5.41, 5.74) is 0.432. The number of halogens is 1. The highest BCUT2D eigenvalue weighted by Gasteiger charge is 2.13. The Kier molecular flexibility index (Phi) is 5.58. The van der Waals surface area contributed by atoms with E-state index in [1.807, 2.05) is 13.8 Å². The van der Waals surface area contributed by atoms with Gasteiger partial charge in [0.2, 0.25) is 5.91 Å². The van der Waals surface area contributed by atoms with Crippen LogP contribution in [0.25, 0.3) is 0 Å². The molecule has 1 unspecified atom stereocenters. The van der Waals surface area contributed by atoms with Crippen LogP contribution in [-0.4, -0.2) is 26.1 Å². The second kappa shape index (κ2) is 6.96. The van der Waals surface area contributed by atoms with Crippen molar-refractivity contribution in [1.82, 2.24) is 5.32 Å². The fourth-order valence-electron chi connectivity index (χ4n) is 1.46. The van der Waals surface area contributed by atoms with Gasteiger partial charge in [-0.05, 0) is 18.7 Å². The van der Waals surface area contributed by atoms with Crippen LogP contribution in [0.4, 0.5) is 10.1 Å². The number of ether oxygens (including phenoxy) is 1. The maximum absolute atomic E-state index is 13.4. The summed E-state index contributed by atoms with van der Waals surface area (Å²) in [4.78, 5) is 11.8. The van der Waals surface area contributed by atoms with Crippen LogP contribution < -0.4 is 15.4 Å². The van der Waals surface area contributed by atoms with Crippen molar-refractivity contribution in [2.75, 3.05) is 25.5 Å². The molecule has 0 saturated heterocycles. The van der Waals surface area contributed by atoms with Crippen LogP contribution in [0, 0.1) is 11.7 Å². The van der Waals surface area contributed by atoms with Crippen molar-refractivity contribution >= 4 is 11.6 Å². The molecule has 0 radical (unpaired) electrons. The van der Waals surface area contributed by atoms with Crippen LogP contribution in [0.15, 0.2) is 18.2 Å². The Bertz CT molecular complexity index is 410. The third kappa shape index (κ3) is 4.00. The molecule has 0 aliphatic heterocycles. The molecule has 0 fully saturated rings. The molecule has 100 valence electrons. The number of nitrogens with one attached hydrogen (secondary N) is 2. The van der Waals surface area contributed by atoms with Crippen molar-refractivity contribution in [3.63, 3.8) is 0 Å². The number of carbonyl (C=O) groups is 1. The number of rotatable bonds is 6. The van der Waals surface area contributed by atoms with Crippen molar-refractivity contribution in [2.24, 2.45) is 5.92 Å². The molecule has 1 aromatic rings. The zero-order chi connectivity index (χ0) is 13.5. The van der Waals surface area contributed by atoms with Crippen LogP contribution in [0.5, 0.6) is 5.75 Å². The predicted octanol–water partition coefficient (Wildman–Crippen LogP) is 2.02. The lowest BCUT2D eigenvalue weighted by molar-refractivity contribution is -0.119. The van der Waals surface area contributed by atoms with E-state index in [9.17, 15) is 9.18 Å². The van der Waals surface area contributed by atoms with Gasteiger partial charge in [0.1, 0.15) is 0 Å². The van der Waals surface area contributed by atoms with Gasteiger partial charge in [-0.1, -0.05) is 13.8 Å². The molecule has 0 aliphatic rings. The topological polar surface area (TPSA) is 50.4 Å². The Balaban J connectivity index is 2.61. The number of methoxy groups -OCH3 is 1. The quantitative estimate of drug-likeness (QED) is 0.816. The highest BCUT2D eigenvalue weighted by atomic mass is 19.1. The maximum atomic E-state index is 13.4. The molecule has 2 N–H and O–H groups in total. The van der Waals surface area contributed by atoms with Crippen molar-refractivity contribution in [2.45, 2.75) is 13.8 Å². The van der Waals surface area contributed by atoms with Gasteiger partial charge in [0.05, 0.1) is 7.11 Å². The predicted molar refractivity (Wildman–Crippen MR) is 69.3 cm³/mol. The average molecular weight is 254 g/mol. The minimum Gasteiger partial charge on any atom is -0.494 e. The monoisotopic (exact) mass is 254 g/mol. The lowest BCUT2D eigenvalue weighted by Gasteiger charge is -2.13. The third-order valence-electron chi connectivity index (χ3n) is 2.57. The first-order valence-electron chi connectivity index (χ1n) is 5.93. The number of hydrogen-bond acceptors (Lipinski definition) is 3. The van der Waals surface area contributed by atoms with Crippen molar-refractivity contribution < 1.29 is 13.9 Å². The molecule has 0 saturated carbocycles. The summed E-state index contributed by atoms with van der Waals surface area (Å²) in [6.45, 7) is 5.21. The second-order valence-electron chi connectivity index (χ2n) is 4.05. The Morgan fingerprint density at radius 3 is 2.78 bits per heavy atom. The van der Waals surface area contributed by atoms with E-state index in [1.165, 1.54) is 19.2 Å². The van der Waals surface area contributed by atoms with Crippen LogP contribution in [-0.2, 0) is 4.79 Å². The van der Waals surface area contributed by atoms with E-state index in [4.69, 9.17) is 4.74 Å². The molecule has 1 rings (SSSR count). The number of carbonyl (C=O) groups excluding carboxylic acids is 1. The van der Waals surface area contributed by atoms with Gasteiger partial charge < -0.3 is 15.4 Å². The highest BCUT2D eigenvalue weighted by Crippen LogP contribution is 2.20. The van der Waals surface area contributed by atoms with Crippen LogP contribution >= 0.6 is 0 Å². The van der Waals surface area contributed by atoms with E-state index in [0.717, 1.165) is 6.54 Å². The minimum absolute atomic E-state index is 0.138. The van der Waals surface area contributed by atoms with Crippen molar-refractivity contribution in [1.29, 1.82) is 0 Å². The molecule has 5 heteroatoms. The fourth-order valence-corrected chi connectivity index (χ4v) is 1.46. The number of benzene rings is 1. The average Bonchev–Trinajstić information content (AvgIpc) is 2.36. The molecule has 1 atom stereocenters. The molecule has 0 aromatic heterocycles. The van der Waals surface area contributed by atoms with Crippen LogP contribution in [0.1, 0.15) is 13.8 Å². The van der Waals surface area contributed by atoms with Gasteiger partial charge in [-0.25, -0.2) is 4.39 Å². The SMILES string of the molecule is CCNCC(C)C(=O)Nc1ccc(OC)c(F)c1. The molecule has 0 aliphatic carbocycles. The van der Waals surface area contributed by atoms with E-state index >= 15 is 0 Å². The molecular formula is C13H19FN2O2. The van der Waals surface area contributed by atoms with E-state index in [-0.39, 0.29) is 17.6 Å². The zero-order valence-electron chi connectivity index (χ0n) is 10.9. The molecule has 18 heavy (non-hydrogen) atoms. The smallest absolute Gasteiger partial charge is 0.228 e. The summed E-state index contributed by atoms with van der Waals surface area (Å²) in [6.07, 6.45) is 0. The lowest BCUT2D eigenvalue weighted by Crippen LogP contribution is -2.30. The Morgan fingerprint density at radius 1 is 1.50 bits per heavy atom. The van der Waals surface area contributed by atoms with Crippen LogP contribution in [0.2, 0.25) is 0 Å². The van der Waals surface area contributed by atoms with Gasteiger partial charge in [0, 0.05) is 24.2 Å². The molecule has 4 nitrogen and oxygen atoms in total. The standard InChI is InChI=1S/C13H19FN2O2/c1-4-15-8-9(2)13(17)16-10-5-6-12(18-3)11(14)7-10/h5-7,9,15H,4,8H2,1-3H3,(H,16,17). The van der Waals surface area contributed by atoms with Crippen molar-refractivity contribution in [3.05, 3.63) is 24.0 Å². The molecule has 0 bridgehead atoms. The first-order chi connectivity index (χ1) is 8.58. The summed E-state index contributed by atoms with van der Waals surface area (Å²) >= 11 is 0. The minimum atomic E-state index is -0.491. The number of anilines is 1. The van der Waals surface area contributed by atoms with E-state index < -0.39 is 5.82 Å². The molecule has 0 spiro atoms. The normalized spacial score (nSPS) is 12.0. The molecule has 0 heterocycles. The second-order valence-corrected chi connectivity index (χ2v) is 4.05. The van der Waals surface area contributed by atoms with Gasteiger partial charge >= 0.3 is 0 Å². The van der Waals surface area contributed by atoms with Crippen LogP contribution in [0.3, 0.4) is 0 Å². The van der Waals surface area contributed by atoms with E-state index in [2.05, 4.69) is 10.6 Å². The van der Waals surface area contributed by atoms with Gasteiger partial charge in [0.15, 0.2) is 11.6 Å². The summed E-state index contributed by atoms with van der Waals surface area (Å²) in [5.74, 6) is -0.640. The first kappa shape index (κ1) is 14.4. The molecule has 1 amide bonds. The lowest BCUT2D eigenvalue weighted by atomic mass is 10.1. The van der Waals surface area contributed by atoms with Gasteiger partial charge in [-0.3, -0.25) is 4.79 Å².